The molecule has 0 saturated carbocycles. The lowest BCUT2D eigenvalue weighted by molar-refractivity contribution is 0.0735. The first-order valence-corrected chi connectivity index (χ1v) is 9.36. The fourth-order valence-corrected chi connectivity index (χ4v) is 2.87. The molecule has 0 spiro atoms. The van der Waals surface area contributed by atoms with E-state index < -0.39 is 11.7 Å². The number of carbonyl (C=O) groups is 2. The van der Waals surface area contributed by atoms with Crippen molar-refractivity contribution in [3.05, 3.63) is 65.0 Å². The minimum absolute atomic E-state index is 0.0306. The molecule has 3 rings (SSSR count). The van der Waals surface area contributed by atoms with Crippen molar-refractivity contribution in [3.8, 4) is 5.75 Å². The van der Waals surface area contributed by atoms with E-state index in [0.29, 0.717) is 18.7 Å². The van der Waals surface area contributed by atoms with Gasteiger partial charge in [0, 0.05) is 31.7 Å². The van der Waals surface area contributed by atoms with Gasteiger partial charge in [0.2, 0.25) is 0 Å². The Morgan fingerprint density at radius 2 is 1.82 bits per heavy atom. The Labute approximate surface area is 164 Å². The Morgan fingerprint density at radius 3 is 2.50 bits per heavy atom. The number of hydrogen-bond acceptors (Lipinski definition) is 4. The Kier molecular flexibility index (Phi) is 7.95. The first-order chi connectivity index (χ1) is 13.6. The van der Waals surface area contributed by atoms with Crippen molar-refractivity contribution in [1.29, 1.82) is 0 Å². The van der Waals surface area contributed by atoms with Gasteiger partial charge in [-0.25, -0.2) is 4.39 Å². The fourth-order valence-electron chi connectivity index (χ4n) is 2.87. The highest BCUT2D eigenvalue weighted by atomic mass is 19.1. The SMILES string of the molecule is CC.NC(=O)c1c(F)cccc1OCc1cccc(C(=O)N2CCNCC2)c1. The molecule has 150 valence electrons. The van der Waals surface area contributed by atoms with E-state index in [1.807, 2.05) is 13.8 Å². The minimum Gasteiger partial charge on any atom is -0.488 e. The van der Waals surface area contributed by atoms with E-state index in [0.717, 1.165) is 24.7 Å². The molecule has 6 nitrogen and oxygen atoms in total. The predicted molar refractivity (Wildman–Crippen MR) is 106 cm³/mol. The lowest BCUT2D eigenvalue weighted by atomic mass is 10.1. The fraction of sp³-hybridized carbons (Fsp3) is 0.333. The van der Waals surface area contributed by atoms with Crippen LogP contribution in [0.15, 0.2) is 42.5 Å². The molecule has 3 N–H and O–H groups in total. The zero-order chi connectivity index (χ0) is 20.5. The summed E-state index contributed by atoms with van der Waals surface area (Å²) in [4.78, 5) is 25.8. The number of carbonyl (C=O) groups excluding carboxylic acids is 2. The van der Waals surface area contributed by atoms with Crippen molar-refractivity contribution in [2.45, 2.75) is 20.5 Å². The maximum Gasteiger partial charge on any atom is 0.255 e. The predicted octanol–water partition coefficient (Wildman–Crippen LogP) is 2.58. The van der Waals surface area contributed by atoms with E-state index in [9.17, 15) is 14.0 Å². The number of ether oxygens (including phenoxy) is 1. The quantitative estimate of drug-likeness (QED) is 0.826. The van der Waals surface area contributed by atoms with Crippen LogP contribution in [0.4, 0.5) is 4.39 Å². The number of amides is 2. The third-order valence-electron chi connectivity index (χ3n) is 4.19. The second-order valence-electron chi connectivity index (χ2n) is 6.01. The van der Waals surface area contributed by atoms with E-state index in [1.54, 1.807) is 29.2 Å². The molecule has 7 heteroatoms. The molecule has 2 aromatic carbocycles. The monoisotopic (exact) mass is 387 g/mol. The summed E-state index contributed by atoms with van der Waals surface area (Å²) in [6, 6.07) is 11.2. The highest BCUT2D eigenvalue weighted by Crippen LogP contribution is 2.22. The van der Waals surface area contributed by atoms with Gasteiger partial charge in [0.1, 0.15) is 23.7 Å². The Bertz CT molecular complexity index is 820. The van der Waals surface area contributed by atoms with Crippen LogP contribution in [0.1, 0.15) is 40.1 Å². The molecule has 0 radical (unpaired) electrons. The second kappa shape index (κ2) is 10.4. The molecule has 0 unspecified atom stereocenters. The average Bonchev–Trinajstić information content (AvgIpc) is 2.73. The van der Waals surface area contributed by atoms with Crippen LogP contribution in [0.2, 0.25) is 0 Å². The Hall–Kier alpha value is -2.93. The number of halogens is 1. The topological polar surface area (TPSA) is 84.7 Å². The minimum atomic E-state index is -0.888. The average molecular weight is 387 g/mol. The van der Waals surface area contributed by atoms with Gasteiger partial charge in [0.05, 0.1) is 0 Å². The molecular formula is C21H26FN3O3. The van der Waals surface area contributed by atoms with E-state index in [-0.39, 0.29) is 23.8 Å². The van der Waals surface area contributed by atoms with Crippen LogP contribution in [-0.4, -0.2) is 42.9 Å². The van der Waals surface area contributed by atoms with Gasteiger partial charge in [-0.2, -0.15) is 0 Å². The summed E-state index contributed by atoms with van der Waals surface area (Å²) >= 11 is 0. The van der Waals surface area contributed by atoms with E-state index in [2.05, 4.69) is 5.32 Å². The maximum absolute atomic E-state index is 13.8. The number of hydrogen-bond donors (Lipinski definition) is 2. The van der Waals surface area contributed by atoms with Crippen molar-refractivity contribution >= 4 is 11.8 Å². The van der Waals surface area contributed by atoms with Crippen LogP contribution in [0.25, 0.3) is 0 Å². The summed E-state index contributed by atoms with van der Waals surface area (Å²) in [5.74, 6) is -1.56. The normalized spacial score (nSPS) is 13.3. The molecular weight excluding hydrogens is 361 g/mol. The zero-order valence-corrected chi connectivity index (χ0v) is 16.2. The lowest BCUT2D eigenvalue weighted by Crippen LogP contribution is -2.46. The van der Waals surface area contributed by atoms with E-state index in [4.69, 9.17) is 10.5 Å². The van der Waals surface area contributed by atoms with Gasteiger partial charge in [-0.1, -0.05) is 32.0 Å². The number of primary amides is 1. The van der Waals surface area contributed by atoms with Crippen molar-refractivity contribution < 1.29 is 18.7 Å². The number of nitrogens with two attached hydrogens (primary N) is 1. The highest BCUT2D eigenvalue weighted by Gasteiger charge is 2.18. The molecule has 1 aliphatic rings. The summed E-state index contributed by atoms with van der Waals surface area (Å²) in [6.07, 6.45) is 0. The number of nitrogens with one attached hydrogen (secondary N) is 1. The summed E-state index contributed by atoms with van der Waals surface area (Å²) in [5.41, 5.74) is 6.25. The standard InChI is InChI=1S/C19H20FN3O3.C2H6/c20-15-5-2-6-16(17(15)18(21)24)26-12-13-3-1-4-14(11-13)19(25)23-9-7-22-8-10-23;1-2/h1-6,11,22H,7-10,12H2,(H2,21,24);1-2H3. The Balaban J connectivity index is 0.00000136. The van der Waals surface area contributed by atoms with Crippen molar-refractivity contribution in [2.75, 3.05) is 26.2 Å². The summed E-state index contributed by atoms with van der Waals surface area (Å²) in [6.45, 7) is 7.00. The molecule has 1 heterocycles. The third kappa shape index (κ3) is 5.29. The third-order valence-corrected chi connectivity index (χ3v) is 4.19. The van der Waals surface area contributed by atoms with Gasteiger partial charge in [0.25, 0.3) is 11.8 Å². The smallest absolute Gasteiger partial charge is 0.255 e. The summed E-state index contributed by atoms with van der Waals surface area (Å²) in [5, 5.41) is 3.21. The molecule has 0 bridgehead atoms. The van der Waals surface area contributed by atoms with Crippen LogP contribution in [0.3, 0.4) is 0 Å². The molecule has 2 aromatic rings. The van der Waals surface area contributed by atoms with Gasteiger partial charge in [-0.05, 0) is 29.8 Å². The van der Waals surface area contributed by atoms with Gasteiger partial charge < -0.3 is 20.7 Å². The van der Waals surface area contributed by atoms with Crippen LogP contribution in [0, 0.1) is 5.82 Å². The van der Waals surface area contributed by atoms with Gasteiger partial charge >= 0.3 is 0 Å². The number of piperazine rings is 1. The molecule has 1 saturated heterocycles. The van der Waals surface area contributed by atoms with Crippen molar-refractivity contribution in [2.24, 2.45) is 5.73 Å². The zero-order valence-electron chi connectivity index (χ0n) is 16.2. The van der Waals surface area contributed by atoms with Crippen LogP contribution in [-0.2, 0) is 6.61 Å². The number of rotatable bonds is 5. The van der Waals surface area contributed by atoms with Gasteiger partial charge in [-0.15, -0.1) is 0 Å². The first kappa shape index (κ1) is 21.4. The number of benzene rings is 2. The molecule has 0 aliphatic carbocycles. The molecule has 0 atom stereocenters. The van der Waals surface area contributed by atoms with Crippen LogP contribution in [0.5, 0.6) is 5.75 Å². The molecule has 28 heavy (non-hydrogen) atoms. The second-order valence-corrected chi connectivity index (χ2v) is 6.01. The van der Waals surface area contributed by atoms with Gasteiger partial charge in [-0.3, -0.25) is 9.59 Å². The van der Waals surface area contributed by atoms with Crippen LogP contribution >= 0.6 is 0 Å². The summed E-state index contributed by atoms with van der Waals surface area (Å²) < 4.78 is 19.3. The molecule has 2 amide bonds. The van der Waals surface area contributed by atoms with E-state index in [1.165, 1.54) is 12.1 Å². The van der Waals surface area contributed by atoms with Crippen molar-refractivity contribution in [1.82, 2.24) is 10.2 Å². The molecule has 1 aliphatic heterocycles. The highest BCUT2D eigenvalue weighted by molar-refractivity contribution is 5.96. The van der Waals surface area contributed by atoms with Crippen LogP contribution < -0.4 is 15.8 Å². The largest absolute Gasteiger partial charge is 0.488 e. The maximum atomic E-state index is 13.8. The van der Waals surface area contributed by atoms with Crippen molar-refractivity contribution in [3.63, 3.8) is 0 Å². The lowest BCUT2D eigenvalue weighted by Gasteiger charge is -2.27. The summed E-state index contributed by atoms with van der Waals surface area (Å²) in [7, 11) is 0. The molecule has 1 fully saturated rings. The van der Waals surface area contributed by atoms with Gasteiger partial charge in [0.15, 0.2) is 0 Å². The number of nitrogens with zero attached hydrogens (tertiary/aromatic N) is 1. The molecule has 0 aromatic heterocycles. The first-order valence-electron chi connectivity index (χ1n) is 9.36. The van der Waals surface area contributed by atoms with E-state index >= 15 is 0 Å². The Morgan fingerprint density at radius 1 is 1.14 bits per heavy atom.